The maximum absolute atomic E-state index is 12.5. The van der Waals surface area contributed by atoms with Gasteiger partial charge in [0.15, 0.2) is 0 Å². The number of carbonyl (C=O) groups excluding carboxylic acids is 1. The summed E-state index contributed by atoms with van der Waals surface area (Å²) in [5.74, 6) is -0.151. The van der Waals surface area contributed by atoms with Gasteiger partial charge in [-0.05, 0) is 19.9 Å². The van der Waals surface area contributed by atoms with E-state index in [1.54, 1.807) is 4.68 Å². The molecule has 0 saturated heterocycles. The van der Waals surface area contributed by atoms with Gasteiger partial charge in [-0.15, -0.1) is 11.3 Å². The molecule has 3 rings (SSSR count). The highest BCUT2D eigenvalue weighted by atomic mass is 35.5. The lowest BCUT2D eigenvalue weighted by Crippen LogP contribution is -2.26. The van der Waals surface area contributed by atoms with Crippen molar-refractivity contribution < 1.29 is 4.79 Å². The summed E-state index contributed by atoms with van der Waals surface area (Å²) in [4.78, 5) is 13.1. The molecule has 0 aliphatic rings. The first-order valence-corrected chi connectivity index (χ1v) is 8.15. The Kier molecular flexibility index (Phi) is 3.93. The molecule has 0 bridgehead atoms. The van der Waals surface area contributed by atoms with Crippen LogP contribution in [0.5, 0.6) is 0 Å². The van der Waals surface area contributed by atoms with E-state index < -0.39 is 0 Å². The molecule has 6 heteroatoms. The normalized spacial score (nSPS) is 12.5. The van der Waals surface area contributed by atoms with Crippen LogP contribution in [0.2, 0.25) is 5.02 Å². The third-order valence-corrected chi connectivity index (χ3v) is 5.28. The van der Waals surface area contributed by atoms with Crippen molar-refractivity contribution in [2.45, 2.75) is 19.9 Å². The van der Waals surface area contributed by atoms with Gasteiger partial charge in [-0.2, -0.15) is 5.10 Å². The molecular formula is C16H16ClN3OS. The zero-order valence-corrected chi connectivity index (χ0v) is 14.1. The van der Waals surface area contributed by atoms with Gasteiger partial charge in [0.25, 0.3) is 5.91 Å². The molecule has 0 radical (unpaired) electrons. The van der Waals surface area contributed by atoms with Crippen LogP contribution in [-0.4, -0.2) is 15.7 Å². The van der Waals surface area contributed by atoms with Crippen molar-refractivity contribution >= 4 is 38.9 Å². The molecule has 1 unspecified atom stereocenters. The van der Waals surface area contributed by atoms with E-state index in [2.05, 4.69) is 10.4 Å². The lowest BCUT2D eigenvalue weighted by atomic mass is 10.1. The maximum atomic E-state index is 12.5. The Morgan fingerprint density at radius 1 is 1.41 bits per heavy atom. The van der Waals surface area contributed by atoms with Crippen molar-refractivity contribution in [1.82, 2.24) is 15.1 Å². The van der Waals surface area contributed by atoms with E-state index >= 15 is 0 Å². The number of benzene rings is 1. The summed E-state index contributed by atoms with van der Waals surface area (Å²) in [5.41, 5.74) is 1.92. The van der Waals surface area contributed by atoms with Crippen molar-refractivity contribution in [1.29, 1.82) is 0 Å². The van der Waals surface area contributed by atoms with Crippen molar-refractivity contribution in [2.75, 3.05) is 0 Å². The molecule has 1 atom stereocenters. The van der Waals surface area contributed by atoms with Crippen LogP contribution in [0.4, 0.5) is 0 Å². The first-order chi connectivity index (χ1) is 10.5. The summed E-state index contributed by atoms with van der Waals surface area (Å²) < 4.78 is 2.77. The Labute approximate surface area is 137 Å². The number of hydrogen-bond acceptors (Lipinski definition) is 3. The van der Waals surface area contributed by atoms with E-state index in [0.717, 1.165) is 21.3 Å². The van der Waals surface area contributed by atoms with Gasteiger partial charge in [-0.3, -0.25) is 9.48 Å². The number of aryl methyl sites for hydroxylation is 2. The Morgan fingerprint density at radius 2 is 2.14 bits per heavy atom. The van der Waals surface area contributed by atoms with Crippen molar-refractivity contribution in [3.05, 3.63) is 51.6 Å². The molecule has 2 aromatic heterocycles. The Morgan fingerprint density at radius 3 is 2.77 bits per heavy atom. The summed E-state index contributed by atoms with van der Waals surface area (Å²) in [6.07, 6.45) is 1.92. The average Bonchev–Trinajstić information content (AvgIpc) is 2.99. The van der Waals surface area contributed by atoms with Crippen LogP contribution < -0.4 is 5.32 Å². The lowest BCUT2D eigenvalue weighted by molar-refractivity contribution is 0.0944. The summed E-state index contributed by atoms with van der Waals surface area (Å²) in [5, 5.41) is 8.75. The molecular weight excluding hydrogens is 318 g/mol. The van der Waals surface area contributed by atoms with E-state index in [1.807, 2.05) is 51.4 Å². The monoisotopic (exact) mass is 333 g/mol. The molecule has 1 N–H and O–H groups in total. The number of aromatic nitrogens is 2. The third-order valence-electron chi connectivity index (χ3n) is 3.61. The van der Waals surface area contributed by atoms with Crippen LogP contribution in [0.25, 0.3) is 10.1 Å². The summed E-state index contributed by atoms with van der Waals surface area (Å²) in [7, 11) is 1.87. The van der Waals surface area contributed by atoms with Gasteiger partial charge in [0.05, 0.1) is 16.8 Å². The molecule has 2 heterocycles. The lowest BCUT2D eigenvalue weighted by Gasteiger charge is -2.12. The average molecular weight is 334 g/mol. The Hall–Kier alpha value is -1.85. The number of nitrogens with one attached hydrogen (secondary N) is 1. The number of carbonyl (C=O) groups is 1. The second-order valence-corrected chi connectivity index (χ2v) is 6.71. The maximum Gasteiger partial charge on any atom is 0.263 e. The van der Waals surface area contributed by atoms with Crippen LogP contribution in [0.3, 0.4) is 0 Å². The molecule has 1 aromatic carbocycles. The minimum atomic E-state index is -0.151. The molecule has 3 aromatic rings. The minimum Gasteiger partial charge on any atom is -0.345 e. The number of halogens is 1. The van der Waals surface area contributed by atoms with Crippen LogP contribution in [-0.2, 0) is 7.05 Å². The van der Waals surface area contributed by atoms with Gasteiger partial charge in [-0.25, -0.2) is 0 Å². The topological polar surface area (TPSA) is 46.9 Å². The molecule has 0 spiro atoms. The number of nitrogens with zero attached hydrogens (tertiary/aromatic N) is 2. The van der Waals surface area contributed by atoms with Gasteiger partial charge in [0.2, 0.25) is 0 Å². The number of hydrogen-bond donors (Lipinski definition) is 1. The van der Waals surface area contributed by atoms with Gasteiger partial charge in [-0.1, -0.05) is 29.8 Å². The molecule has 22 heavy (non-hydrogen) atoms. The van der Waals surface area contributed by atoms with Crippen molar-refractivity contribution in [3.63, 3.8) is 0 Å². The summed E-state index contributed by atoms with van der Waals surface area (Å²) >= 11 is 7.76. The molecule has 114 valence electrons. The number of thiophene rings is 1. The Balaban J connectivity index is 1.87. The highest BCUT2D eigenvalue weighted by Gasteiger charge is 2.20. The smallest absolute Gasteiger partial charge is 0.263 e. The number of fused-ring (bicyclic) bond motifs is 1. The largest absolute Gasteiger partial charge is 0.345 e. The van der Waals surface area contributed by atoms with Crippen molar-refractivity contribution in [2.24, 2.45) is 7.05 Å². The van der Waals surface area contributed by atoms with E-state index in [4.69, 9.17) is 11.6 Å². The van der Waals surface area contributed by atoms with Crippen LogP contribution in [0.15, 0.2) is 30.5 Å². The minimum absolute atomic E-state index is 0.123. The number of rotatable bonds is 3. The predicted octanol–water partition coefficient (Wildman–Crippen LogP) is 4.09. The van der Waals surface area contributed by atoms with E-state index in [9.17, 15) is 4.79 Å². The zero-order valence-electron chi connectivity index (χ0n) is 12.6. The highest BCUT2D eigenvalue weighted by Crippen LogP contribution is 2.35. The molecule has 0 saturated carbocycles. The fourth-order valence-electron chi connectivity index (χ4n) is 2.54. The quantitative estimate of drug-likeness (QED) is 0.784. The molecule has 0 aliphatic heterocycles. The first-order valence-electron chi connectivity index (χ1n) is 6.95. The predicted molar refractivity (Wildman–Crippen MR) is 90.7 cm³/mol. The summed E-state index contributed by atoms with van der Waals surface area (Å²) in [6.45, 7) is 3.88. The van der Waals surface area contributed by atoms with Crippen LogP contribution in [0.1, 0.15) is 33.9 Å². The first kappa shape index (κ1) is 15.1. The third kappa shape index (κ3) is 2.62. The number of amides is 1. The van der Waals surface area contributed by atoms with Gasteiger partial charge in [0, 0.05) is 28.9 Å². The molecule has 1 amide bonds. The molecule has 0 aliphatic carbocycles. The molecule has 4 nitrogen and oxygen atoms in total. The van der Waals surface area contributed by atoms with Crippen LogP contribution >= 0.6 is 22.9 Å². The van der Waals surface area contributed by atoms with E-state index in [0.29, 0.717) is 9.90 Å². The Bertz CT molecular complexity index is 852. The fraction of sp³-hybridized carbons (Fsp3) is 0.250. The second-order valence-electron chi connectivity index (χ2n) is 5.28. The zero-order chi connectivity index (χ0) is 15.9. The van der Waals surface area contributed by atoms with Gasteiger partial charge < -0.3 is 5.32 Å². The second kappa shape index (κ2) is 5.74. The van der Waals surface area contributed by atoms with E-state index in [1.165, 1.54) is 11.3 Å². The summed E-state index contributed by atoms with van der Waals surface area (Å²) in [6, 6.07) is 7.64. The van der Waals surface area contributed by atoms with E-state index in [-0.39, 0.29) is 11.9 Å². The van der Waals surface area contributed by atoms with Crippen LogP contribution in [0, 0.1) is 6.92 Å². The van der Waals surface area contributed by atoms with Gasteiger partial charge >= 0.3 is 0 Å². The SMILES string of the molecule is Cc1nn(C)cc1C(C)NC(=O)c1sc2ccccc2c1Cl. The molecule has 0 fully saturated rings. The standard InChI is InChI=1S/C16H16ClN3OS/c1-9(12-8-20(3)19-10(12)2)18-16(21)15-14(17)11-6-4-5-7-13(11)22-15/h4-9H,1-3H3,(H,18,21). The van der Waals surface area contributed by atoms with Gasteiger partial charge in [0.1, 0.15) is 4.88 Å². The highest BCUT2D eigenvalue weighted by molar-refractivity contribution is 7.21. The fourth-order valence-corrected chi connectivity index (χ4v) is 3.96. The van der Waals surface area contributed by atoms with Crippen molar-refractivity contribution in [3.8, 4) is 0 Å².